The first-order valence-corrected chi connectivity index (χ1v) is 5.69. The Morgan fingerprint density at radius 2 is 2.29 bits per heavy atom. The predicted molar refractivity (Wildman–Crippen MR) is 54.8 cm³/mol. The van der Waals surface area contributed by atoms with Gasteiger partial charge in [-0.1, -0.05) is 12.1 Å². The van der Waals surface area contributed by atoms with Crippen LogP contribution in [0, 0.1) is 5.92 Å². The quantitative estimate of drug-likeness (QED) is 0.815. The van der Waals surface area contributed by atoms with Crippen LogP contribution in [0.15, 0.2) is 4.52 Å². The number of aromatic nitrogens is 2. The van der Waals surface area contributed by atoms with E-state index in [1.54, 1.807) is 0 Å². The third kappa shape index (κ3) is 2.87. The van der Waals surface area contributed by atoms with Gasteiger partial charge in [-0.05, 0) is 25.2 Å². The highest BCUT2D eigenvalue weighted by Gasteiger charge is 2.27. The van der Waals surface area contributed by atoms with Crippen LogP contribution in [0.1, 0.15) is 43.8 Å². The molecule has 94 valence electrons. The largest absolute Gasteiger partial charge is 0.339 e. The fourth-order valence-electron chi connectivity index (χ4n) is 2.17. The van der Waals surface area contributed by atoms with Crippen LogP contribution in [-0.2, 0) is 11.2 Å². The van der Waals surface area contributed by atoms with Gasteiger partial charge < -0.3 is 4.52 Å². The Morgan fingerprint density at radius 3 is 2.88 bits per heavy atom. The summed E-state index contributed by atoms with van der Waals surface area (Å²) in [6, 6.07) is 0. The van der Waals surface area contributed by atoms with Gasteiger partial charge in [0.1, 0.15) is 0 Å². The molecule has 0 amide bonds. The fraction of sp³-hybridized carbons (Fsp3) is 0.727. The molecule has 1 fully saturated rings. The van der Waals surface area contributed by atoms with Crippen molar-refractivity contribution in [3.63, 3.8) is 0 Å². The van der Waals surface area contributed by atoms with E-state index in [1.165, 1.54) is 0 Å². The smallest absolute Gasteiger partial charge is 0.296 e. The highest BCUT2D eigenvalue weighted by Crippen LogP contribution is 2.36. The maximum atomic E-state index is 12.0. The number of hydrogen-bond donors (Lipinski definition) is 0. The highest BCUT2D eigenvalue weighted by atomic mass is 19.3. The van der Waals surface area contributed by atoms with Gasteiger partial charge >= 0.3 is 0 Å². The average Bonchev–Trinajstić information content (AvgIpc) is 2.86. The van der Waals surface area contributed by atoms with E-state index in [-0.39, 0.29) is 11.8 Å². The number of nitrogens with zero attached hydrogens (tertiary/aromatic N) is 2. The number of ketones is 1. The third-order valence-electron chi connectivity index (χ3n) is 3.11. The second-order valence-corrected chi connectivity index (χ2v) is 4.61. The first-order valence-electron chi connectivity index (χ1n) is 5.69. The zero-order valence-corrected chi connectivity index (χ0v) is 9.53. The van der Waals surface area contributed by atoms with Gasteiger partial charge in [0, 0.05) is 5.92 Å². The number of rotatable bonds is 4. The molecule has 0 saturated heterocycles. The lowest BCUT2D eigenvalue weighted by Gasteiger charge is -2.01. The molecule has 0 aromatic carbocycles. The molecule has 0 radical (unpaired) electrons. The van der Waals surface area contributed by atoms with Crippen molar-refractivity contribution in [2.75, 3.05) is 0 Å². The minimum absolute atomic E-state index is 0.00940. The molecule has 1 aliphatic rings. The number of alkyl halides is 2. The first kappa shape index (κ1) is 12.1. The van der Waals surface area contributed by atoms with E-state index in [2.05, 4.69) is 17.1 Å². The van der Waals surface area contributed by atoms with Gasteiger partial charge in [-0.3, -0.25) is 4.79 Å². The monoisotopic (exact) mass is 244 g/mol. The lowest BCUT2D eigenvalue weighted by molar-refractivity contribution is -0.129. The van der Waals surface area contributed by atoms with Crippen molar-refractivity contribution >= 4 is 5.78 Å². The molecule has 0 aliphatic heterocycles. The average molecular weight is 244 g/mol. The molecule has 0 spiro atoms. The highest BCUT2D eigenvalue weighted by molar-refractivity contribution is 5.82. The molecule has 1 aromatic heterocycles. The molecule has 1 aromatic rings. The summed E-state index contributed by atoms with van der Waals surface area (Å²) in [5.74, 6) is 0.227. The van der Waals surface area contributed by atoms with Gasteiger partial charge in [0.25, 0.3) is 6.43 Å². The van der Waals surface area contributed by atoms with Crippen LogP contribution in [0.25, 0.3) is 0 Å². The van der Waals surface area contributed by atoms with E-state index in [0.717, 1.165) is 19.3 Å². The summed E-state index contributed by atoms with van der Waals surface area (Å²) in [4.78, 5) is 14.8. The molecule has 0 N–H and O–H groups in total. The summed E-state index contributed by atoms with van der Waals surface area (Å²) >= 11 is 0. The summed E-state index contributed by atoms with van der Waals surface area (Å²) < 4.78 is 28.9. The summed E-state index contributed by atoms with van der Waals surface area (Å²) in [5, 5.41) is 3.76. The maximum Gasteiger partial charge on any atom is 0.296 e. The summed E-state index contributed by atoms with van der Waals surface area (Å²) in [6.07, 6.45) is -0.362. The minimum atomic E-state index is -2.98. The zero-order valence-electron chi connectivity index (χ0n) is 9.53. The van der Waals surface area contributed by atoms with E-state index in [4.69, 9.17) is 4.52 Å². The first-order chi connectivity index (χ1) is 8.06. The Hall–Kier alpha value is -1.33. The SMILES string of the molecule is CC1CCC(c2noc(CC(=O)C(F)F)n2)C1. The van der Waals surface area contributed by atoms with Crippen LogP contribution in [-0.4, -0.2) is 22.3 Å². The normalized spacial score (nSPS) is 24.5. The molecule has 2 rings (SSSR count). The molecular weight excluding hydrogens is 230 g/mol. The second kappa shape index (κ2) is 4.89. The molecule has 1 saturated carbocycles. The van der Waals surface area contributed by atoms with Crippen LogP contribution < -0.4 is 0 Å². The standard InChI is InChI=1S/C11H14F2N2O2/c1-6-2-3-7(4-6)11-14-9(17-15-11)5-8(16)10(12)13/h6-7,10H,2-5H2,1H3. The summed E-state index contributed by atoms with van der Waals surface area (Å²) in [5.41, 5.74) is 0. The van der Waals surface area contributed by atoms with Gasteiger partial charge in [-0.25, -0.2) is 8.78 Å². The van der Waals surface area contributed by atoms with E-state index < -0.39 is 18.6 Å². The third-order valence-corrected chi connectivity index (χ3v) is 3.11. The minimum Gasteiger partial charge on any atom is -0.339 e. The topological polar surface area (TPSA) is 56.0 Å². The van der Waals surface area contributed by atoms with Crippen LogP contribution in [0.4, 0.5) is 8.78 Å². The van der Waals surface area contributed by atoms with Crippen LogP contribution >= 0.6 is 0 Å². The number of halogens is 2. The number of hydrogen-bond acceptors (Lipinski definition) is 4. The Labute approximate surface area is 97.4 Å². The van der Waals surface area contributed by atoms with Crippen molar-refractivity contribution in [2.45, 2.75) is 45.0 Å². The van der Waals surface area contributed by atoms with Gasteiger partial charge in [0.05, 0.1) is 6.42 Å². The molecular formula is C11H14F2N2O2. The van der Waals surface area contributed by atoms with Gasteiger partial charge in [0.15, 0.2) is 5.82 Å². The molecule has 2 unspecified atom stereocenters. The Balaban J connectivity index is 1.99. The number of Topliss-reactive ketones (excluding diaryl/α,β-unsaturated/α-hetero) is 1. The van der Waals surface area contributed by atoms with Crippen molar-refractivity contribution in [3.05, 3.63) is 11.7 Å². The zero-order chi connectivity index (χ0) is 12.4. The molecule has 0 bridgehead atoms. The predicted octanol–water partition coefficient (Wildman–Crippen LogP) is 2.35. The molecule has 2 atom stereocenters. The summed E-state index contributed by atoms with van der Waals surface area (Å²) in [7, 11) is 0. The van der Waals surface area contributed by atoms with E-state index in [1.807, 2.05) is 0 Å². The Morgan fingerprint density at radius 1 is 1.53 bits per heavy atom. The maximum absolute atomic E-state index is 12.0. The molecule has 1 heterocycles. The van der Waals surface area contributed by atoms with Crippen molar-refractivity contribution < 1.29 is 18.1 Å². The molecule has 4 nitrogen and oxygen atoms in total. The van der Waals surface area contributed by atoms with E-state index in [0.29, 0.717) is 11.7 Å². The van der Waals surface area contributed by atoms with E-state index >= 15 is 0 Å². The van der Waals surface area contributed by atoms with Crippen LogP contribution in [0.2, 0.25) is 0 Å². The Bertz CT molecular complexity index is 406. The van der Waals surface area contributed by atoms with Gasteiger partial charge in [0.2, 0.25) is 11.7 Å². The molecule has 1 aliphatic carbocycles. The lowest BCUT2D eigenvalue weighted by Crippen LogP contribution is -2.13. The lowest BCUT2D eigenvalue weighted by atomic mass is 10.1. The van der Waals surface area contributed by atoms with Gasteiger partial charge in [-0.2, -0.15) is 4.98 Å². The number of carbonyl (C=O) groups is 1. The van der Waals surface area contributed by atoms with Gasteiger partial charge in [-0.15, -0.1) is 0 Å². The fourth-order valence-corrected chi connectivity index (χ4v) is 2.17. The van der Waals surface area contributed by atoms with Crippen molar-refractivity contribution in [3.8, 4) is 0 Å². The molecule has 6 heteroatoms. The van der Waals surface area contributed by atoms with Crippen molar-refractivity contribution in [2.24, 2.45) is 5.92 Å². The van der Waals surface area contributed by atoms with Crippen LogP contribution in [0.3, 0.4) is 0 Å². The Kier molecular flexibility index (Phi) is 3.49. The number of carbonyl (C=O) groups excluding carboxylic acids is 1. The van der Waals surface area contributed by atoms with Crippen molar-refractivity contribution in [1.29, 1.82) is 0 Å². The van der Waals surface area contributed by atoms with E-state index in [9.17, 15) is 13.6 Å². The summed E-state index contributed by atoms with van der Waals surface area (Å²) in [6.45, 7) is 2.15. The van der Waals surface area contributed by atoms with Crippen LogP contribution in [0.5, 0.6) is 0 Å². The molecule has 17 heavy (non-hydrogen) atoms. The van der Waals surface area contributed by atoms with Crippen molar-refractivity contribution in [1.82, 2.24) is 10.1 Å². The second-order valence-electron chi connectivity index (χ2n) is 4.61.